The number of carboxylic acids is 1. The fourth-order valence-electron chi connectivity index (χ4n) is 2.86. The second-order valence-corrected chi connectivity index (χ2v) is 7.34. The van der Waals surface area contributed by atoms with Gasteiger partial charge >= 0.3 is 5.97 Å². The van der Waals surface area contributed by atoms with E-state index in [4.69, 9.17) is 9.47 Å². The summed E-state index contributed by atoms with van der Waals surface area (Å²) < 4.78 is 11.2. The molecule has 0 radical (unpaired) electrons. The normalized spacial score (nSPS) is 16.1. The van der Waals surface area contributed by atoms with Gasteiger partial charge in [0.15, 0.2) is 17.6 Å². The molecule has 0 bridgehead atoms. The summed E-state index contributed by atoms with van der Waals surface area (Å²) in [4.78, 5) is 37.8. The van der Waals surface area contributed by atoms with Crippen LogP contribution in [0.15, 0.2) is 53.4 Å². The summed E-state index contributed by atoms with van der Waals surface area (Å²) in [5.41, 5.74) is 1.15. The van der Waals surface area contributed by atoms with Crippen LogP contribution >= 0.6 is 11.8 Å². The molecule has 2 aromatic carbocycles. The van der Waals surface area contributed by atoms with Crippen LogP contribution in [0.25, 0.3) is 6.08 Å². The summed E-state index contributed by atoms with van der Waals surface area (Å²) in [5, 5.41) is 8.85. The Morgan fingerprint density at radius 1 is 1.13 bits per heavy atom. The van der Waals surface area contributed by atoms with Crippen molar-refractivity contribution >= 4 is 40.6 Å². The lowest BCUT2D eigenvalue weighted by molar-refractivity contribution is -0.145. The molecule has 2 aromatic rings. The van der Waals surface area contributed by atoms with Crippen LogP contribution in [0.4, 0.5) is 10.5 Å². The first-order valence-electron chi connectivity index (χ1n) is 9.43. The van der Waals surface area contributed by atoms with Crippen molar-refractivity contribution in [2.45, 2.75) is 26.4 Å². The highest BCUT2D eigenvalue weighted by atomic mass is 32.2. The Morgan fingerprint density at radius 3 is 2.50 bits per heavy atom. The Bertz CT molecular complexity index is 988. The molecule has 1 N–H and O–H groups in total. The number of aliphatic carboxylic acids is 1. The first-order valence-corrected chi connectivity index (χ1v) is 10.3. The number of carboxylic acid groups (broad SMARTS) is 1. The monoisotopic (exact) mass is 427 g/mol. The summed E-state index contributed by atoms with van der Waals surface area (Å²) in [6.07, 6.45) is 0.918. The van der Waals surface area contributed by atoms with E-state index in [2.05, 4.69) is 0 Å². The minimum absolute atomic E-state index is 0.289. The topological polar surface area (TPSA) is 93.1 Å². The van der Waals surface area contributed by atoms with Gasteiger partial charge < -0.3 is 14.6 Å². The summed E-state index contributed by atoms with van der Waals surface area (Å²) in [6, 6.07) is 13.7. The molecule has 0 spiro atoms. The van der Waals surface area contributed by atoms with Crippen molar-refractivity contribution in [1.82, 2.24) is 0 Å². The van der Waals surface area contributed by atoms with E-state index in [1.165, 1.54) is 0 Å². The van der Waals surface area contributed by atoms with Crippen LogP contribution in [-0.4, -0.2) is 34.9 Å². The van der Waals surface area contributed by atoms with Gasteiger partial charge in [-0.2, -0.15) is 0 Å². The number of hydrogen-bond donors (Lipinski definition) is 1. The number of amides is 2. The van der Waals surface area contributed by atoms with Crippen molar-refractivity contribution in [3.05, 3.63) is 59.0 Å². The van der Waals surface area contributed by atoms with Gasteiger partial charge in [0, 0.05) is 0 Å². The van der Waals surface area contributed by atoms with Gasteiger partial charge in [0.05, 0.1) is 17.2 Å². The molecule has 30 heavy (non-hydrogen) atoms. The minimum Gasteiger partial charge on any atom is -0.490 e. The zero-order valence-electron chi connectivity index (χ0n) is 16.5. The molecular weight excluding hydrogens is 406 g/mol. The maximum Gasteiger partial charge on any atom is 0.344 e. The molecule has 0 aromatic heterocycles. The average molecular weight is 427 g/mol. The third kappa shape index (κ3) is 4.65. The van der Waals surface area contributed by atoms with Crippen LogP contribution in [0.1, 0.15) is 25.8 Å². The third-order valence-electron chi connectivity index (χ3n) is 4.29. The molecule has 1 fully saturated rings. The van der Waals surface area contributed by atoms with Crippen molar-refractivity contribution in [3.63, 3.8) is 0 Å². The number of nitrogens with zero attached hydrogens (tertiary/aromatic N) is 1. The minimum atomic E-state index is -1.06. The third-order valence-corrected chi connectivity index (χ3v) is 5.16. The molecule has 2 amide bonds. The van der Waals surface area contributed by atoms with Gasteiger partial charge in [0.25, 0.3) is 11.1 Å². The number of rotatable bonds is 8. The number of ether oxygens (including phenoxy) is 2. The number of para-hydroxylation sites is 1. The first-order chi connectivity index (χ1) is 14.4. The Hall–Kier alpha value is -3.26. The van der Waals surface area contributed by atoms with E-state index in [1.54, 1.807) is 62.4 Å². The zero-order valence-corrected chi connectivity index (χ0v) is 17.3. The number of imide groups is 1. The largest absolute Gasteiger partial charge is 0.490 e. The standard InChI is InChI=1S/C22H21NO6S/c1-3-16(21(25)26)29-17-11-10-14(12-18(17)28-4-2)13-19-20(24)23(22(27)30-19)15-8-6-5-7-9-15/h5-13,16H,3-4H2,1-2H3,(H,25,26)/b19-13+. The second kappa shape index (κ2) is 9.49. The van der Waals surface area contributed by atoms with Crippen LogP contribution in [0.5, 0.6) is 11.5 Å². The molecule has 7 nitrogen and oxygen atoms in total. The van der Waals surface area contributed by atoms with E-state index in [0.29, 0.717) is 35.8 Å². The van der Waals surface area contributed by atoms with Gasteiger partial charge in [-0.25, -0.2) is 9.69 Å². The Kier molecular flexibility index (Phi) is 6.79. The maximum atomic E-state index is 12.8. The van der Waals surface area contributed by atoms with Gasteiger partial charge in [-0.1, -0.05) is 31.2 Å². The number of benzene rings is 2. The maximum absolute atomic E-state index is 12.8. The number of thioether (sulfide) groups is 1. The average Bonchev–Trinajstić information content (AvgIpc) is 3.01. The first kappa shape index (κ1) is 21.4. The Morgan fingerprint density at radius 2 is 1.87 bits per heavy atom. The lowest BCUT2D eigenvalue weighted by Crippen LogP contribution is -2.27. The van der Waals surface area contributed by atoms with E-state index in [0.717, 1.165) is 16.7 Å². The van der Waals surface area contributed by atoms with E-state index in [1.807, 2.05) is 6.07 Å². The molecule has 1 saturated heterocycles. The predicted octanol–water partition coefficient (Wildman–Crippen LogP) is 4.57. The van der Waals surface area contributed by atoms with Crippen molar-refractivity contribution in [3.8, 4) is 11.5 Å². The van der Waals surface area contributed by atoms with Crippen molar-refractivity contribution in [1.29, 1.82) is 0 Å². The molecule has 1 heterocycles. The van der Waals surface area contributed by atoms with Crippen molar-refractivity contribution in [2.75, 3.05) is 11.5 Å². The number of carbonyl (C=O) groups excluding carboxylic acids is 2. The van der Waals surface area contributed by atoms with Crippen LogP contribution in [0, 0.1) is 0 Å². The van der Waals surface area contributed by atoms with Gasteiger partial charge in [-0.15, -0.1) is 0 Å². The number of anilines is 1. The molecular formula is C22H21NO6S. The number of carbonyl (C=O) groups is 3. The van der Waals surface area contributed by atoms with E-state index >= 15 is 0 Å². The van der Waals surface area contributed by atoms with Crippen LogP contribution in [0.3, 0.4) is 0 Å². The highest BCUT2D eigenvalue weighted by Crippen LogP contribution is 2.37. The predicted molar refractivity (Wildman–Crippen MR) is 115 cm³/mol. The quantitative estimate of drug-likeness (QED) is 0.617. The summed E-state index contributed by atoms with van der Waals surface area (Å²) >= 11 is 0.862. The van der Waals surface area contributed by atoms with Crippen LogP contribution in [-0.2, 0) is 9.59 Å². The van der Waals surface area contributed by atoms with Gasteiger partial charge in [0.1, 0.15) is 0 Å². The molecule has 156 valence electrons. The lowest BCUT2D eigenvalue weighted by atomic mass is 10.1. The molecule has 1 aliphatic rings. The van der Waals surface area contributed by atoms with Gasteiger partial charge in [-0.3, -0.25) is 9.59 Å². The van der Waals surface area contributed by atoms with E-state index < -0.39 is 18.0 Å². The number of hydrogen-bond acceptors (Lipinski definition) is 6. The molecule has 3 rings (SSSR count). The van der Waals surface area contributed by atoms with Crippen LogP contribution < -0.4 is 14.4 Å². The lowest BCUT2D eigenvalue weighted by Gasteiger charge is -2.17. The molecule has 1 unspecified atom stereocenters. The molecule has 1 aliphatic heterocycles. The molecule has 1 atom stereocenters. The fraction of sp³-hybridized carbons (Fsp3) is 0.227. The summed E-state index contributed by atoms with van der Waals surface area (Å²) in [7, 11) is 0. The fourth-order valence-corrected chi connectivity index (χ4v) is 3.70. The van der Waals surface area contributed by atoms with Gasteiger partial charge in [-0.05, 0) is 61.0 Å². The summed E-state index contributed by atoms with van der Waals surface area (Å²) in [6.45, 7) is 3.88. The Labute approximate surface area is 178 Å². The van der Waals surface area contributed by atoms with Crippen molar-refractivity contribution in [2.24, 2.45) is 0 Å². The van der Waals surface area contributed by atoms with E-state index in [9.17, 15) is 19.5 Å². The smallest absolute Gasteiger partial charge is 0.344 e. The zero-order chi connectivity index (χ0) is 21.7. The van der Waals surface area contributed by atoms with E-state index in [-0.39, 0.29) is 10.1 Å². The molecule has 8 heteroatoms. The molecule has 0 aliphatic carbocycles. The summed E-state index contributed by atoms with van der Waals surface area (Å²) in [5.74, 6) is -0.779. The second-order valence-electron chi connectivity index (χ2n) is 6.34. The van der Waals surface area contributed by atoms with Crippen LogP contribution in [0.2, 0.25) is 0 Å². The van der Waals surface area contributed by atoms with Gasteiger partial charge in [0.2, 0.25) is 0 Å². The Balaban J connectivity index is 1.88. The highest BCUT2D eigenvalue weighted by Gasteiger charge is 2.36. The highest BCUT2D eigenvalue weighted by molar-refractivity contribution is 8.19. The van der Waals surface area contributed by atoms with Crippen molar-refractivity contribution < 1.29 is 29.0 Å². The molecule has 0 saturated carbocycles. The SMILES string of the molecule is CCOc1cc(/C=C2/SC(=O)N(c3ccccc3)C2=O)ccc1OC(CC)C(=O)O.